The van der Waals surface area contributed by atoms with Crippen molar-refractivity contribution in [2.45, 2.75) is 25.1 Å². The first-order valence-corrected chi connectivity index (χ1v) is 12.9. The van der Waals surface area contributed by atoms with Crippen molar-refractivity contribution in [3.8, 4) is 11.3 Å². The number of benzene rings is 1. The lowest BCUT2D eigenvalue weighted by Crippen LogP contribution is -2.48. The van der Waals surface area contributed by atoms with E-state index >= 15 is 0 Å². The van der Waals surface area contributed by atoms with Crippen LogP contribution in [0.4, 0.5) is 35.1 Å². The fourth-order valence-corrected chi connectivity index (χ4v) is 5.26. The second-order valence-corrected chi connectivity index (χ2v) is 9.84. The van der Waals surface area contributed by atoms with Gasteiger partial charge in [-0.15, -0.1) is 0 Å². The summed E-state index contributed by atoms with van der Waals surface area (Å²) in [5.74, 6) is 0.665. The van der Waals surface area contributed by atoms with Gasteiger partial charge < -0.3 is 20.0 Å². The molecule has 2 saturated heterocycles. The molecule has 2 aliphatic rings. The number of alkyl halides is 3. The third-order valence-electron chi connectivity index (χ3n) is 6.99. The molecular formula is C26H28ClF4N7. The fourth-order valence-electron chi connectivity index (χ4n) is 5.08. The van der Waals surface area contributed by atoms with Gasteiger partial charge in [-0.05, 0) is 50.2 Å². The van der Waals surface area contributed by atoms with Crippen LogP contribution in [0.1, 0.15) is 18.4 Å². The molecule has 2 aromatic heterocycles. The fraction of sp³-hybridized carbons (Fsp3) is 0.423. The highest BCUT2D eigenvalue weighted by molar-refractivity contribution is 6.31. The lowest BCUT2D eigenvalue weighted by Gasteiger charge is -2.37. The van der Waals surface area contributed by atoms with Gasteiger partial charge in [0.25, 0.3) is 0 Å². The molecule has 0 radical (unpaired) electrons. The minimum atomic E-state index is -4.48. The molecule has 2 aliphatic heterocycles. The van der Waals surface area contributed by atoms with E-state index in [1.54, 1.807) is 17.0 Å². The van der Waals surface area contributed by atoms with E-state index in [1.165, 1.54) is 18.3 Å². The van der Waals surface area contributed by atoms with Crippen LogP contribution < -0.4 is 20.0 Å². The van der Waals surface area contributed by atoms with E-state index in [9.17, 15) is 17.6 Å². The first kappa shape index (κ1) is 26.4. The summed E-state index contributed by atoms with van der Waals surface area (Å²) in [6, 6.07) is 8.90. The molecule has 7 nitrogen and oxygen atoms in total. The predicted molar refractivity (Wildman–Crippen MR) is 140 cm³/mol. The molecule has 12 heteroatoms. The van der Waals surface area contributed by atoms with Crippen molar-refractivity contribution < 1.29 is 17.6 Å². The van der Waals surface area contributed by atoms with Crippen molar-refractivity contribution in [1.82, 2.24) is 20.3 Å². The standard InChI is InChI=1S/C26H28ClF4N7/c1-32-16-18-4-3-9-38(18)25-34-22(17-6-7-21(28)20(27)14-17)15-23(35-25)36-10-12-37(13-11-36)24-19(26(29,30)31)5-2-8-33-24/h2,5-8,14-15,18,32H,3-4,9-13,16H2,1H3/t18-/m0/s1. The molecule has 38 heavy (non-hydrogen) atoms. The smallest absolute Gasteiger partial charge is 0.353 e. The summed E-state index contributed by atoms with van der Waals surface area (Å²) >= 11 is 6.06. The third kappa shape index (κ3) is 5.49. The van der Waals surface area contributed by atoms with Gasteiger partial charge in [-0.3, -0.25) is 0 Å². The van der Waals surface area contributed by atoms with Crippen LogP contribution in [0.5, 0.6) is 0 Å². The van der Waals surface area contributed by atoms with Gasteiger partial charge >= 0.3 is 6.18 Å². The molecule has 0 saturated carbocycles. The first-order chi connectivity index (χ1) is 18.2. The maximum atomic E-state index is 13.9. The molecule has 0 bridgehead atoms. The highest BCUT2D eigenvalue weighted by atomic mass is 35.5. The molecule has 2 fully saturated rings. The summed E-state index contributed by atoms with van der Waals surface area (Å²) in [5.41, 5.74) is 0.527. The Labute approximate surface area is 223 Å². The molecule has 0 amide bonds. The molecule has 1 N–H and O–H groups in total. The molecule has 0 spiro atoms. The van der Waals surface area contributed by atoms with E-state index in [-0.39, 0.29) is 16.9 Å². The zero-order valence-electron chi connectivity index (χ0n) is 20.8. The number of halogens is 5. The van der Waals surface area contributed by atoms with Gasteiger partial charge in [0.05, 0.1) is 16.3 Å². The summed E-state index contributed by atoms with van der Waals surface area (Å²) in [6.45, 7) is 3.21. The number of hydrogen-bond donors (Lipinski definition) is 1. The van der Waals surface area contributed by atoms with Gasteiger partial charge in [0, 0.05) is 63.1 Å². The highest BCUT2D eigenvalue weighted by Gasteiger charge is 2.36. The second kappa shape index (κ2) is 10.9. The Morgan fingerprint density at radius 2 is 1.79 bits per heavy atom. The zero-order valence-corrected chi connectivity index (χ0v) is 21.6. The molecule has 3 aromatic rings. The molecule has 5 rings (SSSR count). The number of pyridine rings is 1. The van der Waals surface area contributed by atoms with Crippen molar-refractivity contribution >= 4 is 29.2 Å². The molecule has 4 heterocycles. The van der Waals surface area contributed by atoms with Crippen molar-refractivity contribution in [3.63, 3.8) is 0 Å². The zero-order chi connectivity index (χ0) is 26.9. The largest absolute Gasteiger partial charge is 0.419 e. The van der Waals surface area contributed by atoms with Crippen LogP contribution in [0.25, 0.3) is 11.3 Å². The van der Waals surface area contributed by atoms with Crippen molar-refractivity contribution in [2.24, 2.45) is 0 Å². The minimum Gasteiger partial charge on any atom is -0.353 e. The average Bonchev–Trinajstić information content (AvgIpc) is 3.38. The van der Waals surface area contributed by atoms with Crippen LogP contribution in [0, 0.1) is 5.82 Å². The number of piperazine rings is 1. The predicted octanol–water partition coefficient (Wildman–Crippen LogP) is 4.86. The van der Waals surface area contributed by atoms with E-state index in [2.05, 4.69) is 15.2 Å². The van der Waals surface area contributed by atoms with Crippen LogP contribution in [0.2, 0.25) is 5.02 Å². The normalized spacial score (nSPS) is 18.4. The van der Waals surface area contributed by atoms with Gasteiger partial charge in [-0.1, -0.05) is 11.6 Å². The average molecular weight is 550 g/mol. The van der Waals surface area contributed by atoms with Crippen LogP contribution in [0.3, 0.4) is 0 Å². The highest BCUT2D eigenvalue weighted by Crippen LogP contribution is 2.36. The summed E-state index contributed by atoms with van der Waals surface area (Å²) in [4.78, 5) is 19.6. The molecule has 0 unspecified atom stereocenters. The first-order valence-electron chi connectivity index (χ1n) is 12.5. The van der Waals surface area contributed by atoms with Gasteiger partial charge in [0.1, 0.15) is 17.5 Å². The van der Waals surface area contributed by atoms with E-state index in [4.69, 9.17) is 21.6 Å². The second-order valence-electron chi connectivity index (χ2n) is 9.43. The quantitative estimate of drug-likeness (QED) is 0.440. The number of anilines is 3. The van der Waals surface area contributed by atoms with E-state index in [0.29, 0.717) is 49.2 Å². The summed E-state index contributed by atoms with van der Waals surface area (Å²) in [6.07, 6.45) is -1.07. The van der Waals surface area contributed by atoms with Gasteiger partial charge in [0.2, 0.25) is 5.95 Å². The topological polar surface area (TPSA) is 60.4 Å². The number of nitrogens with one attached hydrogen (secondary N) is 1. The summed E-state index contributed by atoms with van der Waals surface area (Å²) in [7, 11) is 1.91. The Bertz CT molecular complexity index is 1280. The van der Waals surface area contributed by atoms with Gasteiger partial charge in [0.15, 0.2) is 0 Å². The van der Waals surface area contributed by atoms with Crippen LogP contribution in [-0.2, 0) is 6.18 Å². The summed E-state index contributed by atoms with van der Waals surface area (Å²) in [5, 5.41) is 3.23. The molecule has 202 valence electrons. The van der Waals surface area contributed by atoms with Gasteiger partial charge in [-0.2, -0.15) is 18.2 Å². The summed E-state index contributed by atoms with van der Waals surface area (Å²) < 4.78 is 54.5. The van der Waals surface area contributed by atoms with E-state index in [1.807, 2.05) is 18.0 Å². The van der Waals surface area contributed by atoms with E-state index in [0.717, 1.165) is 32.0 Å². The molecule has 1 aromatic carbocycles. The minimum absolute atomic E-state index is 0.00267. The Hall–Kier alpha value is -3.18. The Kier molecular flexibility index (Phi) is 7.58. The number of likely N-dealkylation sites (N-methyl/N-ethyl adjacent to an activating group) is 1. The van der Waals surface area contributed by atoms with Crippen molar-refractivity contribution in [3.05, 3.63) is 59.0 Å². The number of aromatic nitrogens is 3. The van der Waals surface area contributed by atoms with E-state index < -0.39 is 17.6 Å². The number of nitrogens with zero attached hydrogens (tertiary/aromatic N) is 6. The lowest BCUT2D eigenvalue weighted by atomic mass is 10.1. The SMILES string of the molecule is CNC[C@@H]1CCCN1c1nc(-c2ccc(F)c(Cl)c2)cc(N2CCN(c3ncccc3C(F)(F)F)CC2)n1. The van der Waals surface area contributed by atoms with Gasteiger partial charge in [-0.25, -0.2) is 14.4 Å². The number of hydrogen-bond acceptors (Lipinski definition) is 7. The van der Waals surface area contributed by atoms with Crippen LogP contribution in [0.15, 0.2) is 42.6 Å². The van der Waals surface area contributed by atoms with Crippen LogP contribution in [-0.4, -0.2) is 67.3 Å². The Morgan fingerprint density at radius 3 is 2.50 bits per heavy atom. The Balaban J connectivity index is 1.45. The third-order valence-corrected chi connectivity index (χ3v) is 7.27. The monoisotopic (exact) mass is 549 g/mol. The van der Waals surface area contributed by atoms with Crippen molar-refractivity contribution in [2.75, 3.05) is 61.0 Å². The lowest BCUT2D eigenvalue weighted by molar-refractivity contribution is -0.137. The molecular weight excluding hydrogens is 522 g/mol. The maximum Gasteiger partial charge on any atom is 0.419 e. The van der Waals surface area contributed by atoms with Crippen molar-refractivity contribution in [1.29, 1.82) is 0 Å². The van der Waals surface area contributed by atoms with Crippen LogP contribution >= 0.6 is 11.6 Å². The molecule has 1 atom stereocenters. The maximum absolute atomic E-state index is 13.9. The molecule has 0 aliphatic carbocycles. The number of rotatable bonds is 6. The Morgan fingerprint density at radius 1 is 1.03 bits per heavy atom.